The Bertz CT molecular complexity index is 496. The summed E-state index contributed by atoms with van der Waals surface area (Å²) < 4.78 is 5.26. The van der Waals surface area contributed by atoms with Crippen LogP contribution in [0.5, 0.6) is 0 Å². The van der Waals surface area contributed by atoms with Gasteiger partial charge in [0.2, 0.25) is 5.91 Å². The minimum absolute atomic E-state index is 0.235. The fourth-order valence-electron chi connectivity index (χ4n) is 1.85. The lowest BCUT2D eigenvalue weighted by atomic mass is 10.0. The summed E-state index contributed by atoms with van der Waals surface area (Å²) in [6.45, 7) is 5.93. The van der Waals surface area contributed by atoms with Crippen molar-refractivity contribution in [3.05, 3.63) is 24.4 Å². The molecule has 108 valence electrons. The maximum Gasteiger partial charge on any atom is 0.410 e. The van der Waals surface area contributed by atoms with Gasteiger partial charge >= 0.3 is 6.09 Å². The number of pyridine rings is 1. The number of amides is 2. The van der Waals surface area contributed by atoms with Gasteiger partial charge in [-0.25, -0.2) is 9.78 Å². The number of carbonyl (C=O) groups is 2. The predicted octanol–water partition coefficient (Wildman–Crippen LogP) is 2.03. The van der Waals surface area contributed by atoms with E-state index in [4.69, 9.17) is 4.74 Å². The van der Waals surface area contributed by atoms with E-state index in [-0.39, 0.29) is 5.91 Å². The molecule has 0 unspecified atom stereocenters. The van der Waals surface area contributed by atoms with Crippen LogP contribution in [0, 0.1) is 0 Å². The Kier molecular flexibility index (Phi) is 3.92. The van der Waals surface area contributed by atoms with Crippen LogP contribution in [-0.2, 0) is 9.53 Å². The van der Waals surface area contributed by atoms with E-state index in [2.05, 4.69) is 10.3 Å². The van der Waals surface area contributed by atoms with Crippen LogP contribution in [-0.4, -0.2) is 40.1 Å². The zero-order chi connectivity index (χ0) is 14.8. The van der Waals surface area contributed by atoms with Crippen LogP contribution in [0.3, 0.4) is 0 Å². The smallest absolute Gasteiger partial charge is 0.410 e. The largest absolute Gasteiger partial charge is 0.444 e. The molecule has 6 heteroatoms. The number of hydrogen-bond acceptors (Lipinski definition) is 4. The number of ether oxygens (including phenoxy) is 1. The molecule has 20 heavy (non-hydrogen) atoms. The summed E-state index contributed by atoms with van der Waals surface area (Å²) >= 11 is 0. The van der Waals surface area contributed by atoms with Gasteiger partial charge in [-0.3, -0.25) is 9.69 Å². The molecule has 1 aliphatic rings. The fourth-order valence-corrected chi connectivity index (χ4v) is 1.85. The first-order chi connectivity index (χ1) is 9.37. The summed E-state index contributed by atoms with van der Waals surface area (Å²) in [7, 11) is 0. The van der Waals surface area contributed by atoms with Crippen molar-refractivity contribution in [2.75, 3.05) is 11.9 Å². The Hall–Kier alpha value is -2.11. The summed E-state index contributed by atoms with van der Waals surface area (Å²) in [4.78, 5) is 29.4. The lowest BCUT2D eigenvalue weighted by Gasteiger charge is -2.40. The second kappa shape index (κ2) is 5.48. The average molecular weight is 277 g/mol. The SMILES string of the molecule is CC(C)(C)OC(=O)N1CC[C@H]1C(=O)Nc1ccccn1. The van der Waals surface area contributed by atoms with Crippen molar-refractivity contribution >= 4 is 17.8 Å². The molecule has 1 saturated heterocycles. The molecule has 1 aromatic rings. The number of aromatic nitrogens is 1. The molecule has 2 amide bonds. The van der Waals surface area contributed by atoms with E-state index < -0.39 is 17.7 Å². The molecule has 1 aliphatic heterocycles. The van der Waals surface area contributed by atoms with E-state index in [1.807, 2.05) is 0 Å². The molecule has 6 nitrogen and oxygen atoms in total. The van der Waals surface area contributed by atoms with Crippen LogP contribution in [0.2, 0.25) is 0 Å². The first kappa shape index (κ1) is 14.3. The van der Waals surface area contributed by atoms with Crippen molar-refractivity contribution < 1.29 is 14.3 Å². The Morgan fingerprint density at radius 3 is 2.65 bits per heavy atom. The van der Waals surface area contributed by atoms with Gasteiger partial charge < -0.3 is 10.1 Å². The van der Waals surface area contributed by atoms with Crippen LogP contribution in [0.15, 0.2) is 24.4 Å². The van der Waals surface area contributed by atoms with Crippen molar-refractivity contribution in [3.8, 4) is 0 Å². The second-order valence-electron chi connectivity index (χ2n) is 5.68. The van der Waals surface area contributed by atoms with Gasteiger partial charge in [-0.15, -0.1) is 0 Å². The first-order valence-electron chi connectivity index (χ1n) is 6.58. The van der Waals surface area contributed by atoms with Gasteiger partial charge in [0.25, 0.3) is 0 Å². The monoisotopic (exact) mass is 277 g/mol. The molecule has 0 saturated carbocycles. The van der Waals surface area contributed by atoms with Crippen molar-refractivity contribution in [2.24, 2.45) is 0 Å². The zero-order valence-corrected chi connectivity index (χ0v) is 11.9. The van der Waals surface area contributed by atoms with Gasteiger partial charge in [0, 0.05) is 12.7 Å². The average Bonchev–Trinajstić information content (AvgIpc) is 2.25. The number of likely N-dealkylation sites (tertiary alicyclic amines) is 1. The Morgan fingerprint density at radius 1 is 1.40 bits per heavy atom. The number of hydrogen-bond donors (Lipinski definition) is 1. The molecule has 0 spiro atoms. The van der Waals surface area contributed by atoms with Crippen LogP contribution in [0.25, 0.3) is 0 Å². The summed E-state index contributed by atoms with van der Waals surface area (Å²) in [5.74, 6) is 0.245. The zero-order valence-electron chi connectivity index (χ0n) is 11.9. The molecule has 1 atom stereocenters. The number of nitrogens with zero attached hydrogens (tertiary/aromatic N) is 2. The molecule has 1 N–H and O–H groups in total. The number of nitrogens with one attached hydrogen (secondary N) is 1. The predicted molar refractivity (Wildman–Crippen MR) is 74.2 cm³/mol. The molecule has 0 radical (unpaired) electrons. The normalized spacial score (nSPS) is 18.1. The standard InChI is InChI=1S/C14H19N3O3/c1-14(2,3)20-13(19)17-9-7-10(17)12(18)16-11-6-4-5-8-15-11/h4-6,8,10H,7,9H2,1-3H3,(H,15,16,18)/t10-/m0/s1. The molecular weight excluding hydrogens is 258 g/mol. The summed E-state index contributed by atoms with van der Waals surface area (Å²) in [6.07, 6.45) is 1.78. The van der Waals surface area contributed by atoms with Gasteiger partial charge in [-0.2, -0.15) is 0 Å². The maximum absolute atomic E-state index is 12.1. The van der Waals surface area contributed by atoms with Crippen molar-refractivity contribution in [1.82, 2.24) is 9.88 Å². The maximum atomic E-state index is 12.1. The Labute approximate surface area is 118 Å². The van der Waals surface area contributed by atoms with Crippen molar-refractivity contribution in [3.63, 3.8) is 0 Å². The Balaban J connectivity index is 1.93. The molecule has 0 bridgehead atoms. The van der Waals surface area contributed by atoms with Crippen LogP contribution < -0.4 is 5.32 Å². The third-order valence-corrected chi connectivity index (χ3v) is 2.87. The van der Waals surface area contributed by atoms with Gasteiger partial charge in [0.1, 0.15) is 17.5 Å². The molecule has 2 rings (SSSR count). The minimum atomic E-state index is -0.561. The van der Waals surface area contributed by atoms with Gasteiger partial charge in [0.05, 0.1) is 0 Å². The molecule has 1 fully saturated rings. The Morgan fingerprint density at radius 2 is 2.15 bits per heavy atom. The van der Waals surface area contributed by atoms with E-state index >= 15 is 0 Å². The van der Waals surface area contributed by atoms with Crippen molar-refractivity contribution in [1.29, 1.82) is 0 Å². The highest BCUT2D eigenvalue weighted by atomic mass is 16.6. The van der Waals surface area contributed by atoms with E-state index in [0.717, 1.165) is 0 Å². The first-order valence-corrected chi connectivity index (χ1v) is 6.58. The second-order valence-corrected chi connectivity index (χ2v) is 5.68. The number of anilines is 1. The quantitative estimate of drug-likeness (QED) is 0.897. The summed E-state index contributed by atoms with van der Waals surface area (Å²) in [5.41, 5.74) is -0.561. The third-order valence-electron chi connectivity index (χ3n) is 2.87. The molecule has 0 aliphatic carbocycles. The lowest BCUT2D eigenvalue weighted by molar-refractivity contribution is -0.125. The van der Waals surface area contributed by atoms with E-state index in [1.54, 1.807) is 45.2 Å². The molecule has 1 aromatic heterocycles. The van der Waals surface area contributed by atoms with E-state index in [0.29, 0.717) is 18.8 Å². The number of rotatable bonds is 2. The summed E-state index contributed by atoms with van der Waals surface area (Å²) in [6, 6.07) is 4.78. The van der Waals surface area contributed by atoms with Crippen molar-refractivity contribution in [2.45, 2.75) is 38.8 Å². The lowest BCUT2D eigenvalue weighted by Crippen LogP contribution is -2.57. The van der Waals surface area contributed by atoms with Crippen LogP contribution >= 0.6 is 0 Å². The highest BCUT2D eigenvalue weighted by Crippen LogP contribution is 2.22. The summed E-state index contributed by atoms with van der Waals surface area (Å²) in [5, 5.41) is 2.69. The minimum Gasteiger partial charge on any atom is -0.444 e. The van der Waals surface area contributed by atoms with Gasteiger partial charge in [0.15, 0.2) is 0 Å². The van der Waals surface area contributed by atoms with Crippen LogP contribution in [0.4, 0.5) is 10.6 Å². The van der Waals surface area contributed by atoms with Gasteiger partial charge in [-0.1, -0.05) is 6.07 Å². The molecular formula is C14H19N3O3. The topological polar surface area (TPSA) is 71.5 Å². The highest BCUT2D eigenvalue weighted by molar-refractivity contribution is 5.96. The van der Waals surface area contributed by atoms with Gasteiger partial charge in [-0.05, 0) is 39.3 Å². The third kappa shape index (κ3) is 3.46. The number of carbonyl (C=O) groups excluding carboxylic acids is 2. The highest BCUT2D eigenvalue weighted by Gasteiger charge is 2.39. The molecule has 0 aromatic carbocycles. The fraction of sp³-hybridized carbons (Fsp3) is 0.500. The van der Waals surface area contributed by atoms with Crippen LogP contribution in [0.1, 0.15) is 27.2 Å². The van der Waals surface area contributed by atoms with E-state index in [1.165, 1.54) is 4.90 Å². The van der Waals surface area contributed by atoms with E-state index in [9.17, 15) is 9.59 Å². The molecule has 2 heterocycles.